The van der Waals surface area contributed by atoms with Gasteiger partial charge in [-0.05, 0) is 5.53 Å². The monoisotopic (exact) mass is 591 g/mol. The molecule has 21 nitrogen and oxygen atoms in total. The number of aliphatic hydroxyl groups is 5. The second kappa shape index (κ2) is 12.0. The van der Waals surface area contributed by atoms with Gasteiger partial charge < -0.3 is 44.8 Å². The lowest BCUT2D eigenvalue weighted by Gasteiger charge is -2.39. The first-order chi connectivity index (χ1) is 17.7. The zero-order valence-corrected chi connectivity index (χ0v) is 20.5. The van der Waals surface area contributed by atoms with Gasteiger partial charge in [-0.1, -0.05) is 5.11 Å². The third kappa shape index (κ3) is 6.93. The van der Waals surface area contributed by atoms with Crippen molar-refractivity contribution in [1.82, 2.24) is 9.55 Å². The average molecular weight is 591 g/mol. The molecule has 0 amide bonds. The van der Waals surface area contributed by atoms with Crippen molar-refractivity contribution in [3.05, 3.63) is 43.5 Å². The second-order valence-electron chi connectivity index (χ2n) is 7.89. The highest BCUT2D eigenvalue weighted by molar-refractivity contribution is 7.61. The molecule has 1 aromatic rings. The van der Waals surface area contributed by atoms with Crippen molar-refractivity contribution >= 4 is 15.6 Å². The molecule has 2 aliphatic heterocycles. The predicted molar refractivity (Wildman–Crippen MR) is 116 cm³/mol. The van der Waals surface area contributed by atoms with Crippen molar-refractivity contribution in [2.24, 2.45) is 5.11 Å². The first-order valence-electron chi connectivity index (χ1n) is 10.4. The van der Waals surface area contributed by atoms with Crippen LogP contribution in [-0.2, 0) is 32.0 Å². The van der Waals surface area contributed by atoms with E-state index in [0.717, 1.165) is 16.8 Å². The first kappa shape index (κ1) is 30.5. The summed E-state index contributed by atoms with van der Waals surface area (Å²) in [5, 5.41) is 52.2. The maximum absolute atomic E-state index is 12.3. The number of H-pyrrole nitrogens is 1. The third-order valence-corrected chi connectivity index (χ3v) is 7.94. The number of azide groups is 1. The minimum absolute atomic E-state index is 0.759. The van der Waals surface area contributed by atoms with Gasteiger partial charge in [0, 0.05) is 17.2 Å². The topological polar surface area (TPSA) is 326 Å². The summed E-state index contributed by atoms with van der Waals surface area (Å²) in [6, 6.07) is -0.562. The summed E-state index contributed by atoms with van der Waals surface area (Å²) in [5.41, 5.74) is 7.01. The van der Waals surface area contributed by atoms with Crippen LogP contribution in [0, 0.1) is 0 Å². The van der Waals surface area contributed by atoms with E-state index in [1.807, 2.05) is 4.98 Å². The van der Waals surface area contributed by atoms with Gasteiger partial charge in [0.15, 0.2) is 6.29 Å². The fraction of sp³-hybridized carbons (Fsp3) is 0.733. The zero-order chi connectivity index (χ0) is 28.4. The van der Waals surface area contributed by atoms with Crippen LogP contribution in [0.15, 0.2) is 27.0 Å². The van der Waals surface area contributed by atoms with Crippen molar-refractivity contribution in [3.63, 3.8) is 0 Å². The van der Waals surface area contributed by atoms with Gasteiger partial charge in [0.05, 0.1) is 19.3 Å². The van der Waals surface area contributed by atoms with Gasteiger partial charge in [0.25, 0.3) is 5.56 Å². The molecule has 3 heterocycles. The quantitative estimate of drug-likeness (QED) is 0.0567. The van der Waals surface area contributed by atoms with Gasteiger partial charge in [0.1, 0.15) is 42.8 Å². The van der Waals surface area contributed by atoms with Crippen molar-refractivity contribution in [2.75, 3.05) is 13.2 Å². The summed E-state index contributed by atoms with van der Waals surface area (Å²) in [5.74, 6) is 0. The number of hydrogen-bond acceptors (Lipinski definition) is 15. The van der Waals surface area contributed by atoms with Crippen LogP contribution in [0.1, 0.15) is 6.23 Å². The van der Waals surface area contributed by atoms with Crippen LogP contribution in [-0.4, -0.2) is 107 Å². The number of rotatable bonds is 10. The fourth-order valence-electron chi connectivity index (χ4n) is 3.54. The van der Waals surface area contributed by atoms with Gasteiger partial charge in [-0.15, -0.1) is 0 Å². The molecule has 0 spiro atoms. The highest BCUT2D eigenvalue weighted by Gasteiger charge is 2.49. The molecule has 3 rings (SSSR count). The van der Waals surface area contributed by atoms with E-state index in [4.69, 9.17) is 20.1 Å². The van der Waals surface area contributed by atoms with E-state index < -0.39 is 95.3 Å². The zero-order valence-electron chi connectivity index (χ0n) is 18.8. The van der Waals surface area contributed by atoms with Gasteiger partial charge >= 0.3 is 21.3 Å². The molecule has 8 N–H and O–H groups in total. The number of phosphoric ester groups is 2. The second-order valence-corrected chi connectivity index (χ2v) is 10.9. The number of nitrogens with zero attached hydrogens (tertiary/aromatic N) is 4. The Hall–Kier alpha value is -2.03. The van der Waals surface area contributed by atoms with Crippen LogP contribution in [0.2, 0.25) is 0 Å². The Kier molecular flexibility index (Phi) is 9.64. The summed E-state index contributed by atoms with van der Waals surface area (Å²) in [7, 11) is -11.1. The van der Waals surface area contributed by atoms with Crippen LogP contribution in [0.25, 0.3) is 10.4 Å². The maximum Gasteiger partial charge on any atom is 0.483 e. The molecular weight excluding hydrogens is 568 g/mol. The summed E-state index contributed by atoms with van der Waals surface area (Å²) in [4.78, 5) is 47.5. The fourth-order valence-corrected chi connectivity index (χ4v) is 5.69. The minimum Gasteiger partial charge on any atom is -0.394 e. The molecule has 0 bridgehead atoms. The van der Waals surface area contributed by atoms with Gasteiger partial charge in [-0.3, -0.25) is 23.4 Å². The Morgan fingerprint density at radius 2 is 1.74 bits per heavy atom. The van der Waals surface area contributed by atoms with E-state index >= 15 is 0 Å². The lowest BCUT2D eigenvalue weighted by atomic mass is 10.00. The van der Waals surface area contributed by atoms with Crippen LogP contribution >= 0.6 is 15.6 Å². The number of aliphatic hydroxyl groups excluding tert-OH is 5. The van der Waals surface area contributed by atoms with Crippen LogP contribution in [0.4, 0.5) is 0 Å². The van der Waals surface area contributed by atoms with Gasteiger partial charge in [-0.2, -0.15) is 4.31 Å². The largest absolute Gasteiger partial charge is 0.483 e. The minimum atomic E-state index is -5.62. The Labute approximate surface area is 210 Å². The Morgan fingerprint density at radius 3 is 2.34 bits per heavy atom. The molecule has 2 saturated heterocycles. The molecule has 0 radical (unpaired) electrons. The highest BCUT2D eigenvalue weighted by atomic mass is 31.3. The number of aromatic nitrogens is 2. The predicted octanol–water partition coefficient (Wildman–Crippen LogP) is -3.48. The number of phosphoric acid groups is 2. The van der Waals surface area contributed by atoms with E-state index in [2.05, 4.69) is 23.4 Å². The third-order valence-electron chi connectivity index (χ3n) is 5.34. The lowest BCUT2D eigenvalue weighted by Crippen LogP contribution is -2.58. The summed E-state index contributed by atoms with van der Waals surface area (Å²) < 4.78 is 48.5. The van der Waals surface area contributed by atoms with E-state index in [0.29, 0.717) is 0 Å². The van der Waals surface area contributed by atoms with Gasteiger partial charge in [0.2, 0.25) is 0 Å². The average Bonchev–Trinajstić information content (AvgIpc) is 3.12. The summed E-state index contributed by atoms with van der Waals surface area (Å²) in [6.45, 7) is -1.95. The SMILES string of the molecule is [N-]=[N+]=NC1[C@H](n2ccc(=O)[nH]c2=O)O[C@H](COP(=O)(O)OP(=O)(O)O[C@H]2O[C@H](CO)[C@@H](O)[C@H](O)[C@H]2O)[C@H]1O. The maximum atomic E-state index is 12.3. The molecule has 0 aromatic carbocycles. The molecule has 3 unspecified atom stereocenters. The Bertz CT molecular complexity index is 1250. The number of ether oxygens (including phenoxy) is 2. The van der Waals surface area contributed by atoms with Crippen molar-refractivity contribution in [3.8, 4) is 0 Å². The molecule has 1 aromatic heterocycles. The van der Waals surface area contributed by atoms with Crippen molar-refractivity contribution < 1.29 is 67.3 Å². The van der Waals surface area contributed by atoms with E-state index in [9.17, 15) is 48.9 Å². The van der Waals surface area contributed by atoms with E-state index in [1.54, 1.807) is 0 Å². The standard InChI is InChI=1S/C15H23N5O16P2/c16-19-18-8-9(23)6(33-13(8)20-2-1-7(22)17-15(20)27)4-32-37(28,29)36-38(30,31)35-14-12(26)11(25)10(24)5(3-21)34-14/h1-2,5-6,8-14,21,23-26H,3-4H2,(H,28,29)(H,30,31)(H,17,22,27)/t5-,6-,8?,9-,10-,11+,12-,13-,14-/m1/s1. The smallest absolute Gasteiger partial charge is 0.394 e. The molecular formula is C15H23N5O16P2. The molecule has 2 fully saturated rings. The van der Waals surface area contributed by atoms with Crippen LogP contribution < -0.4 is 11.2 Å². The van der Waals surface area contributed by atoms with Crippen LogP contribution in [0.3, 0.4) is 0 Å². The number of aromatic amines is 1. The molecule has 23 heteroatoms. The van der Waals surface area contributed by atoms with E-state index in [-0.39, 0.29) is 0 Å². The van der Waals surface area contributed by atoms with E-state index in [1.165, 1.54) is 0 Å². The molecule has 214 valence electrons. The Balaban J connectivity index is 1.67. The van der Waals surface area contributed by atoms with Crippen molar-refractivity contribution in [1.29, 1.82) is 0 Å². The molecule has 2 aliphatic rings. The molecule has 11 atom stereocenters. The molecule has 38 heavy (non-hydrogen) atoms. The summed E-state index contributed by atoms with van der Waals surface area (Å²) in [6.07, 6.45) is -13.6. The van der Waals surface area contributed by atoms with Crippen molar-refractivity contribution in [2.45, 2.75) is 55.2 Å². The first-order valence-corrected chi connectivity index (χ1v) is 13.4. The van der Waals surface area contributed by atoms with Crippen LogP contribution in [0.5, 0.6) is 0 Å². The molecule has 0 saturated carbocycles. The summed E-state index contributed by atoms with van der Waals surface area (Å²) >= 11 is 0. The Morgan fingerprint density at radius 1 is 1.05 bits per heavy atom. The highest BCUT2D eigenvalue weighted by Crippen LogP contribution is 2.61. The number of hydrogen-bond donors (Lipinski definition) is 8. The van der Waals surface area contributed by atoms with Gasteiger partial charge in [-0.25, -0.2) is 13.9 Å². The lowest BCUT2D eigenvalue weighted by molar-refractivity contribution is -0.280. The normalized spacial score (nSPS) is 36.7. The number of nitrogens with one attached hydrogen (secondary N) is 1. The molecule has 0 aliphatic carbocycles.